The summed E-state index contributed by atoms with van der Waals surface area (Å²) in [6.07, 6.45) is 0.252. The molecule has 0 fully saturated rings. The van der Waals surface area contributed by atoms with Gasteiger partial charge in [0.1, 0.15) is 12.4 Å². The van der Waals surface area contributed by atoms with E-state index in [-0.39, 0.29) is 6.61 Å². The molecule has 1 aromatic rings. The topological polar surface area (TPSA) is 44.8 Å². The van der Waals surface area contributed by atoms with Gasteiger partial charge in [0.15, 0.2) is 0 Å². The van der Waals surface area contributed by atoms with Crippen molar-refractivity contribution in [1.29, 1.82) is 0 Å². The maximum atomic E-state index is 11.2. The molecule has 0 bridgehead atoms. The highest BCUT2D eigenvalue weighted by Gasteiger charge is 2.05. The van der Waals surface area contributed by atoms with Gasteiger partial charge >= 0.3 is 6.16 Å². The molecule has 0 unspecified atom stereocenters. The number of ether oxygens (including phenoxy) is 3. The van der Waals surface area contributed by atoms with E-state index in [0.717, 1.165) is 12.0 Å². The minimum absolute atomic E-state index is 0.213. The molecule has 0 aliphatic carbocycles. The third kappa shape index (κ3) is 5.92. The average molecular weight is 238 g/mol. The zero-order valence-corrected chi connectivity index (χ0v) is 10.3. The molecule has 0 N–H and O–H groups in total. The fraction of sp³-hybridized carbons (Fsp3) is 0.462. The number of benzene rings is 1. The zero-order chi connectivity index (χ0) is 12.5. The molecule has 4 heteroatoms. The van der Waals surface area contributed by atoms with E-state index in [0.29, 0.717) is 19.0 Å². The summed E-state index contributed by atoms with van der Waals surface area (Å²) < 4.78 is 15.0. The minimum Gasteiger partial charge on any atom is -0.432 e. The maximum absolute atomic E-state index is 11.2. The summed E-state index contributed by atoms with van der Waals surface area (Å²) in [4.78, 5) is 11.2. The molecule has 0 atom stereocenters. The van der Waals surface area contributed by atoms with Crippen molar-refractivity contribution in [2.24, 2.45) is 0 Å². The molecule has 17 heavy (non-hydrogen) atoms. The molecule has 0 radical (unpaired) electrons. The lowest BCUT2D eigenvalue weighted by Gasteiger charge is -2.06. The van der Waals surface area contributed by atoms with Gasteiger partial charge in [0.05, 0.1) is 6.61 Å². The van der Waals surface area contributed by atoms with Crippen molar-refractivity contribution in [1.82, 2.24) is 0 Å². The van der Waals surface area contributed by atoms with Gasteiger partial charge in [-0.3, -0.25) is 0 Å². The van der Waals surface area contributed by atoms with Crippen molar-refractivity contribution in [2.45, 2.75) is 20.3 Å². The molecule has 94 valence electrons. The van der Waals surface area contributed by atoms with Crippen molar-refractivity contribution in [3.63, 3.8) is 0 Å². The standard InChI is InChI=1S/C13H18O4/c1-3-8-15-9-10-16-13(14)17-12-6-4-11(2)5-7-12/h4-7H,3,8-10H2,1-2H3. The molecule has 0 heterocycles. The second-order valence-electron chi connectivity index (χ2n) is 3.63. The summed E-state index contributed by atoms with van der Waals surface area (Å²) in [5, 5.41) is 0. The van der Waals surface area contributed by atoms with Crippen LogP contribution in [-0.4, -0.2) is 26.0 Å². The summed E-state index contributed by atoms with van der Waals surface area (Å²) in [5.74, 6) is 0.482. The van der Waals surface area contributed by atoms with Crippen molar-refractivity contribution < 1.29 is 19.0 Å². The van der Waals surface area contributed by atoms with Crippen LogP contribution in [0.2, 0.25) is 0 Å². The fourth-order valence-electron chi connectivity index (χ4n) is 1.16. The Morgan fingerprint density at radius 2 is 1.82 bits per heavy atom. The maximum Gasteiger partial charge on any atom is 0.513 e. The minimum atomic E-state index is -0.700. The lowest BCUT2D eigenvalue weighted by Crippen LogP contribution is -2.14. The third-order valence-corrected chi connectivity index (χ3v) is 2.02. The Labute approximate surface area is 101 Å². The lowest BCUT2D eigenvalue weighted by molar-refractivity contribution is 0.0523. The first-order valence-electron chi connectivity index (χ1n) is 5.71. The normalized spacial score (nSPS) is 10.0. The van der Waals surface area contributed by atoms with E-state index in [1.54, 1.807) is 12.1 Å². The van der Waals surface area contributed by atoms with Gasteiger partial charge in [-0.1, -0.05) is 24.6 Å². The Morgan fingerprint density at radius 1 is 1.12 bits per heavy atom. The lowest BCUT2D eigenvalue weighted by atomic mass is 10.2. The second kappa shape index (κ2) is 7.68. The largest absolute Gasteiger partial charge is 0.513 e. The van der Waals surface area contributed by atoms with E-state index in [9.17, 15) is 4.79 Å². The number of carbonyl (C=O) groups is 1. The summed E-state index contributed by atoms with van der Waals surface area (Å²) in [6, 6.07) is 7.19. The first-order chi connectivity index (χ1) is 8.22. The number of rotatable bonds is 6. The van der Waals surface area contributed by atoms with Crippen LogP contribution in [0.1, 0.15) is 18.9 Å². The average Bonchev–Trinajstić information content (AvgIpc) is 2.32. The van der Waals surface area contributed by atoms with Gasteiger partial charge in [-0.05, 0) is 25.5 Å². The molecular formula is C13H18O4. The van der Waals surface area contributed by atoms with Crippen LogP contribution in [0.15, 0.2) is 24.3 Å². The summed E-state index contributed by atoms with van der Waals surface area (Å²) >= 11 is 0. The number of aryl methyl sites for hydroxylation is 1. The van der Waals surface area contributed by atoms with Gasteiger partial charge in [0, 0.05) is 6.61 Å². The molecule has 0 aromatic heterocycles. The summed E-state index contributed by atoms with van der Waals surface area (Å²) in [6.45, 7) is 5.28. The van der Waals surface area contributed by atoms with Crippen molar-refractivity contribution in [3.8, 4) is 5.75 Å². The van der Waals surface area contributed by atoms with Crippen LogP contribution in [0.4, 0.5) is 4.79 Å². The molecule has 0 saturated heterocycles. The van der Waals surface area contributed by atoms with E-state index in [1.807, 2.05) is 26.0 Å². The SMILES string of the molecule is CCCOCCOC(=O)Oc1ccc(C)cc1. The van der Waals surface area contributed by atoms with Crippen LogP contribution in [-0.2, 0) is 9.47 Å². The number of hydrogen-bond acceptors (Lipinski definition) is 4. The van der Waals surface area contributed by atoms with Gasteiger partial charge in [0.25, 0.3) is 0 Å². The molecule has 0 saturated carbocycles. The summed E-state index contributed by atoms with van der Waals surface area (Å²) in [7, 11) is 0. The first kappa shape index (κ1) is 13.5. The van der Waals surface area contributed by atoms with Crippen molar-refractivity contribution in [2.75, 3.05) is 19.8 Å². The molecule has 0 amide bonds. The van der Waals surface area contributed by atoms with E-state index in [1.165, 1.54) is 0 Å². The highest BCUT2D eigenvalue weighted by atomic mass is 16.7. The molecule has 1 aromatic carbocycles. The van der Waals surface area contributed by atoms with Crippen molar-refractivity contribution >= 4 is 6.16 Å². The van der Waals surface area contributed by atoms with Crippen molar-refractivity contribution in [3.05, 3.63) is 29.8 Å². The Bertz CT molecular complexity index is 332. The summed E-state index contributed by atoms with van der Waals surface area (Å²) in [5.41, 5.74) is 1.11. The Balaban J connectivity index is 2.18. The third-order valence-electron chi connectivity index (χ3n) is 2.02. The first-order valence-corrected chi connectivity index (χ1v) is 5.71. The molecule has 4 nitrogen and oxygen atoms in total. The van der Waals surface area contributed by atoms with Gasteiger partial charge in [-0.15, -0.1) is 0 Å². The van der Waals surface area contributed by atoms with Crippen LogP contribution < -0.4 is 4.74 Å². The molecule has 0 spiro atoms. The van der Waals surface area contributed by atoms with Gasteiger partial charge < -0.3 is 14.2 Å². The quantitative estimate of drug-likeness (QED) is 0.434. The monoisotopic (exact) mass is 238 g/mol. The fourth-order valence-corrected chi connectivity index (χ4v) is 1.16. The highest BCUT2D eigenvalue weighted by molar-refractivity contribution is 5.63. The van der Waals surface area contributed by atoms with E-state index in [2.05, 4.69) is 0 Å². The predicted octanol–water partition coefficient (Wildman–Crippen LogP) is 2.94. The van der Waals surface area contributed by atoms with Crippen LogP contribution in [0.25, 0.3) is 0 Å². The predicted molar refractivity (Wildman–Crippen MR) is 64.3 cm³/mol. The van der Waals surface area contributed by atoms with Crippen LogP contribution in [0.5, 0.6) is 5.75 Å². The molecule has 0 aliphatic rings. The second-order valence-corrected chi connectivity index (χ2v) is 3.63. The Hall–Kier alpha value is -1.55. The highest BCUT2D eigenvalue weighted by Crippen LogP contribution is 2.11. The Morgan fingerprint density at radius 3 is 2.47 bits per heavy atom. The molecule has 0 aliphatic heterocycles. The van der Waals surface area contributed by atoms with E-state index in [4.69, 9.17) is 14.2 Å². The zero-order valence-electron chi connectivity index (χ0n) is 10.3. The van der Waals surface area contributed by atoms with E-state index < -0.39 is 6.16 Å². The molecule has 1 rings (SSSR count). The van der Waals surface area contributed by atoms with E-state index >= 15 is 0 Å². The Kier molecular flexibility index (Phi) is 6.10. The van der Waals surface area contributed by atoms with Gasteiger partial charge in [0.2, 0.25) is 0 Å². The number of carbonyl (C=O) groups excluding carboxylic acids is 1. The van der Waals surface area contributed by atoms with Gasteiger partial charge in [-0.25, -0.2) is 4.79 Å². The van der Waals surface area contributed by atoms with Crippen LogP contribution >= 0.6 is 0 Å². The van der Waals surface area contributed by atoms with Crippen LogP contribution in [0, 0.1) is 6.92 Å². The number of hydrogen-bond donors (Lipinski definition) is 0. The van der Waals surface area contributed by atoms with Gasteiger partial charge in [-0.2, -0.15) is 0 Å². The molecular weight excluding hydrogens is 220 g/mol. The van der Waals surface area contributed by atoms with Crippen LogP contribution in [0.3, 0.4) is 0 Å². The smallest absolute Gasteiger partial charge is 0.432 e.